The maximum absolute atomic E-state index is 13.1. The Hall–Kier alpha value is -3.96. The van der Waals surface area contributed by atoms with Crippen LogP contribution < -0.4 is 9.47 Å². The van der Waals surface area contributed by atoms with Gasteiger partial charge in [0.25, 0.3) is 11.1 Å². The number of nitrogens with zero attached hydrogens (tertiary/aromatic N) is 2. The summed E-state index contributed by atoms with van der Waals surface area (Å²) in [4.78, 5) is 41.7. The zero-order chi connectivity index (χ0) is 26.4. The van der Waals surface area contributed by atoms with Gasteiger partial charge in [0, 0.05) is 18.7 Å². The highest BCUT2D eigenvalue weighted by Gasteiger charge is 2.37. The number of hydrogen-bond donors (Lipinski definition) is 0. The second kappa shape index (κ2) is 11.8. The van der Waals surface area contributed by atoms with Crippen LogP contribution in [0.4, 0.5) is 4.79 Å². The summed E-state index contributed by atoms with van der Waals surface area (Å²) in [5, 5.41) is -0.465. The standard InChI is InChI=1S/C29H28N2O5S/c1-4-9-22-15-20(16-24(35-6-3)27(22)36-14-5-2)17-25-28(33)31(29(34)37-25)19-26(32)30-13-12-21-10-7-8-11-23(21)18-30/h2,4,7-8,10-11,15-17H,1,6,9,12-14,18-19H2,3H3/b25-17-. The second-order valence-electron chi connectivity index (χ2n) is 8.53. The van der Waals surface area contributed by atoms with Crippen molar-refractivity contribution in [2.45, 2.75) is 26.3 Å². The lowest BCUT2D eigenvalue weighted by Gasteiger charge is -2.29. The largest absolute Gasteiger partial charge is 0.490 e. The smallest absolute Gasteiger partial charge is 0.294 e. The summed E-state index contributed by atoms with van der Waals surface area (Å²) in [6, 6.07) is 11.6. The van der Waals surface area contributed by atoms with Crippen LogP contribution in [0.15, 0.2) is 54.0 Å². The molecule has 7 nitrogen and oxygen atoms in total. The van der Waals surface area contributed by atoms with E-state index < -0.39 is 11.1 Å². The van der Waals surface area contributed by atoms with Crippen molar-refractivity contribution in [3.63, 3.8) is 0 Å². The fourth-order valence-electron chi connectivity index (χ4n) is 4.35. The Balaban J connectivity index is 1.53. The van der Waals surface area contributed by atoms with Gasteiger partial charge in [0.1, 0.15) is 13.2 Å². The average Bonchev–Trinajstić information content (AvgIpc) is 3.15. The first-order chi connectivity index (χ1) is 17.9. The van der Waals surface area contributed by atoms with Crippen LogP contribution in [0.3, 0.4) is 0 Å². The van der Waals surface area contributed by atoms with Crippen molar-refractivity contribution < 1.29 is 23.9 Å². The van der Waals surface area contributed by atoms with Gasteiger partial charge in [-0.3, -0.25) is 19.3 Å². The van der Waals surface area contributed by atoms with E-state index in [4.69, 9.17) is 15.9 Å². The first kappa shape index (κ1) is 26.1. The Labute approximate surface area is 221 Å². The molecule has 0 saturated carbocycles. The molecule has 2 aliphatic heterocycles. The Bertz CT molecular complexity index is 1310. The topological polar surface area (TPSA) is 76.2 Å². The van der Waals surface area contributed by atoms with Crippen LogP contribution >= 0.6 is 11.8 Å². The number of allylic oxidation sites excluding steroid dienone is 1. The summed E-state index contributed by atoms with van der Waals surface area (Å²) in [6.07, 6.45) is 9.97. The van der Waals surface area contributed by atoms with E-state index in [9.17, 15) is 14.4 Å². The number of fused-ring (bicyclic) bond motifs is 1. The summed E-state index contributed by atoms with van der Waals surface area (Å²) >= 11 is 0.819. The van der Waals surface area contributed by atoms with E-state index in [1.165, 1.54) is 5.56 Å². The zero-order valence-corrected chi connectivity index (χ0v) is 21.5. The van der Waals surface area contributed by atoms with Crippen molar-refractivity contribution in [1.82, 2.24) is 9.80 Å². The highest BCUT2D eigenvalue weighted by Crippen LogP contribution is 2.37. The molecule has 0 atom stereocenters. The molecule has 1 saturated heterocycles. The maximum atomic E-state index is 13.1. The van der Waals surface area contributed by atoms with E-state index in [0.717, 1.165) is 34.2 Å². The lowest BCUT2D eigenvalue weighted by atomic mass is 10.00. The molecular weight excluding hydrogens is 488 g/mol. The van der Waals surface area contributed by atoms with Crippen molar-refractivity contribution in [2.24, 2.45) is 0 Å². The molecule has 2 heterocycles. The van der Waals surface area contributed by atoms with Gasteiger partial charge in [0.15, 0.2) is 11.5 Å². The molecular formula is C29H28N2O5S. The van der Waals surface area contributed by atoms with Crippen LogP contribution in [-0.4, -0.2) is 53.2 Å². The molecule has 0 radical (unpaired) electrons. The highest BCUT2D eigenvalue weighted by atomic mass is 32.2. The number of ether oxygens (including phenoxy) is 2. The van der Waals surface area contributed by atoms with Gasteiger partial charge in [-0.2, -0.15) is 0 Å². The lowest BCUT2D eigenvalue weighted by Crippen LogP contribution is -2.44. The SMILES string of the molecule is C#CCOc1c(CC=C)cc(/C=C2\SC(=O)N(CC(=O)N3CCc4ccccc4C3)C2=O)cc1OCC. The van der Waals surface area contributed by atoms with E-state index in [2.05, 4.69) is 18.6 Å². The number of rotatable bonds is 9. The molecule has 1 fully saturated rings. The minimum atomic E-state index is -0.489. The molecule has 0 unspecified atom stereocenters. The summed E-state index contributed by atoms with van der Waals surface area (Å²) in [5.41, 5.74) is 3.77. The molecule has 0 N–H and O–H groups in total. The normalized spacial score (nSPS) is 15.9. The Morgan fingerprint density at radius 3 is 2.73 bits per heavy atom. The number of thioether (sulfide) groups is 1. The third-order valence-electron chi connectivity index (χ3n) is 6.07. The first-order valence-electron chi connectivity index (χ1n) is 12.0. The maximum Gasteiger partial charge on any atom is 0.294 e. The Morgan fingerprint density at radius 2 is 2.00 bits per heavy atom. The molecule has 37 heavy (non-hydrogen) atoms. The minimum absolute atomic E-state index is 0.0824. The van der Waals surface area contributed by atoms with Gasteiger partial charge in [-0.25, -0.2) is 0 Å². The summed E-state index contributed by atoms with van der Waals surface area (Å²) in [7, 11) is 0. The molecule has 0 spiro atoms. The fourth-order valence-corrected chi connectivity index (χ4v) is 5.18. The van der Waals surface area contributed by atoms with E-state index in [0.29, 0.717) is 43.2 Å². The second-order valence-corrected chi connectivity index (χ2v) is 9.52. The number of terminal acetylenes is 1. The number of imide groups is 1. The van der Waals surface area contributed by atoms with Gasteiger partial charge >= 0.3 is 0 Å². The van der Waals surface area contributed by atoms with Crippen LogP contribution in [-0.2, 0) is 29.0 Å². The van der Waals surface area contributed by atoms with Gasteiger partial charge in [-0.1, -0.05) is 36.3 Å². The summed E-state index contributed by atoms with van der Waals surface area (Å²) < 4.78 is 11.5. The van der Waals surface area contributed by atoms with Crippen molar-refractivity contribution >= 4 is 34.9 Å². The van der Waals surface area contributed by atoms with Crippen LogP contribution in [0.5, 0.6) is 11.5 Å². The van der Waals surface area contributed by atoms with E-state index in [-0.39, 0.29) is 24.0 Å². The molecule has 2 aliphatic rings. The van der Waals surface area contributed by atoms with Gasteiger partial charge < -0.3 is 14.4 Å². The van der Waals surface area contributed by atoms with Crippen LogP contribution in [0.2, 0.25) is 0 Å². The number of hydrogen-bond acceptors (Lipinski definition) is 6. The molecule has 0 aliphatic carbocycles. The quantitative estimate of drug-likeness (QED) is 0.279. The number of benzene rings is 2. The number of amides is 3. The zero-order valence-electron chi connectivity index (χ0n) is 20.7. The molecule has 3 amide bonds. The molecule has 4 rings (SSSR count). The molecule has 2 aromatic carbocycles. The number of carbonyl (C=O) groups excluding carboxylic acids is 3. The predicted octanol–water partition coefficient (Wildman–Crippen LogP) is 4.45. The fraction of sp³-hybridized carbons (Fsp3) is 0.276. The molecule has 190 valence electrons. The van der Waals surface area contributed by atoms with Gasteiger partial charge in [0.05, 0.1) is 11.5 Å². The van der Waals surface area contributed by atoms with E-state index in [1.54, 1.807) is 23.1 Å². The lowest BCUT2D eigenvalue weighted by molar-refractivity contribution is -0.136. The van der Waals surface area contributed by atoms with Gasteiger partial charge in [0.2, 0.25) is 5.91 Å². The van der Waals surface area contributed by atoms with E-state index in [1.807, 2.05) is 31.2 Å². The number of carbonyl (C=O) groups is 3. The molecule has 0 bridgehead atoms. The Morgan fingerprint density at radius 1 is 1.22 bits per heavy atom. The first-order valence-corrected chi connectivity index (χ1v) is 12.8. The third-order valence-corrected chi connectivity index (χ3v) is 6.97. The monoisotopic (exact) mass is 516 g/mol. The predicted molar refractivity (Wildman–Crippen MR) is 144 cm³/mol. The summed E-state index contributed by atoms with van der Waals surface area (Å²) in [6.45, 7) is 6.89. The highest BCUT2D eigenvalue weighted by molar-refractivity contribution is 8.18. The van der Waals surface area contributed by atoms with Crippen molar-refractivity contribution in [3.05, 3.63) is 76.2 Å². The molecule has 0 aromatic heterocycles. The van der Waals surface area contributed by atoms with Crippen molar-refractivity contribution in [3.8, 4) is 23.8 Å². The van der Waals surface area contributed by atoms with Crippen molar-refractivity contribution in [1.29, 1.82) is 0 Å². The van der Waals surface area contributed by atoms with Gasteiger partial charge in [-0.15, -0.1) is 13.0 Å². The van der Waals surface area contributed by atoms with Gasteiger partial charge in [-0.05, 0) is 66.4 Å². The Kier molecular flexibility index (Phi) is 8.36. The third kappa shape index (κ3) is 5.89. The summed E-state index contributed by atoms with van der Waals surface area (Å²) in [5.74, 6) is 2.73. The minimum Gasteiger partial charge on any atom is -0.490 e. The van der Waals surface area contributed by atoms with Crippen LogP contribution in [0.25, 0.3) is 6.08 Å². The van der Waals surface area contributed by atoms with Crippen LogP contribution in [0.1, 0.15) is 29.2 Å². The molecule has 8 heteroatoms. The van der Waals surface area contributed by atoms with E-state index >= 15 is 0 Å². The average molecular weight is 517 g/mol. The van der Waals surface area contributed by atoms with Crippen molar-refractivity contribution in [2.75, 3.05) is 26.3 Å². The molecule has 2 aromatic rings. The van der Waals surface area contributed by atoms with Crippen LogP contribution in [0, 0.1) is 12.3 Å².